The summed E-state index contributed by atoms with van der Waals surface area (Å²) in [5.41, 5.74) is 0. The molecular formula is C65H126O17P2. The molecule has 0 aromatic heterocycles. The Morgan fingerprint density at radius 1 is 0.333 bits per heavy atom. The highest BCUT2D eigenvalue weighted by atomic mass is 31.2. The van der Waals surface area contributed by atoms with Crippen molar-refractivity contribution < 1.29 is 80.2 Å². The average Bonchev–Trinajstić information content (AvgIpc) is 3.49. The lowest BCUT2D eigenvalue weighted by Crippen LogP contribution is -2.30. The van der Waals surface area contributed by atoms with Crippen molar-refractivity contribution in [3.8, 4) is 0 Å². The van der Waals surface area contributed by atoms with Gasteiger partial charge in [-0.25, -0.2) is 9.13 Å². The van der Waals surface area contributed by atoms with E-state index in [4.69, 9.17) is 37.0 Å². The van der Waals surface area contributed by atoms with Crippen LogP contribution in [-0.2, 0) is 65.4 Å². The lowest BCUT2D eigenvalue weighted by Gasteiger charge is -2.21. The number of carbonyl (C=O) groups is 4. The van der Waals surface area contributed by atoms with Crippen molar-refractivity contribution in [2.75, 3.05) is 39.6 Å². The summed E-state index contributed by atoms with van der Waals surface area (Å²) in [7, 11) is -9.89. The lowest BCUT2D eigenvalue weighted by molar-refractivity contribution is -0.161. The molecule has 0 aliphatic rings. The van der Waals surface area contributed by atoms with Crippen molar-refractivity contribution in [1.82, 2.24) is 0 Å². The molecule has 0 amide bonds. The van der Waals surface area contributed by atoms with Gasteiger partial charge in [-0.15, -0.1) is 0 Å². The molecule has 0 spiro atoms. The van der Waals surface area contributed by atoms with Crippen molar-refractivity contribution in [3.63, 3.8) is 0 Å². The summed E-state index contributed by atoms with van der Waals surface area (Å²) in [6.45, 7) is 14.0. The van der Waals surface area contributed by atoms with E-state index in [2.05, 4.69) is 55.4 Å². The number of aliphatic hydroxyl groups excluding tert-OH is 1. The molecule has 0 radical (unpaired) electrons. The number of unbranched alkanes of at least 4 members (excludes halogenated alkanes) is 26. The minimum atomic E-state index is -4.95. The number of rotatable bonds is 62. The van der Waals surface area contributed by atoms with Gasteiger partial charge in [-0.1, -0.05) is 261 Å². The van der Waals surface area contributed by atoms with E-state index in [-0.39, 0.29) is 25.7 Å². The number of hydrogen-bond donors (Lipinski definition) is 3. The molecule has 0 aromatic carbocycles. The maximum atomic E-state index is 13.0. The van der Waals surface area contributed by atoms with E-state index in [0.29, 0.717) is 31.6 Å². The quantitative estimate of drug-likeness (QED) is 0.0222. The fourth-order valence-electron chi connectivity index (χ4n) is 9.54. The van der Waals surface area contributed by atoms with Gasteiger partial charge in [0.15, 0.2) is 12.2 Å². The summed E-state index contributed by atoms with van der Waals surface area (Å²) in [5.74, 6) is 0.776. The van der Waals surface area contributed by atoms with Crippen LogP contribution in [0, 0.1) is 23.7 Å². The van der Waals surface area contributed by atoms with Gasteiger partial charge >= 0.3 is 39.5 Å². The predicted octanol–water partition coefficient (Wildman–Crippen LogP) is 17.8. The highest BCUT2D eigenvalue weighted by Gasteiger charge is 2.30. The molecule has 0 saturated heterocycles. The maximum absolute atomic E-state index is 13.0. The molecule has 7 atom stereocenters. The van der Waals surface area contributed by atoms with Crippen LogP contribution < -0.4 is 0 Å². The first-order chi connectivity index (χ1) is 40.2. The fraction of sp³-hybridized carbons (Fsp3) is 0.938. The molecular weight excluding hydrogens is 1110 g/mol. The van der Waals surface area contributed by atoms with Gasteiger partial charge in [-0.2, -0.15) is 0 Å². The Kier molecular flexibility index (Phi) is 53.9. The second-order valence-electron chi connectivity index (χ2n) is 24.9. The van der Waals surface area contributed by atoms with E-state index in [9.17, 15) is 43.2 Å². The van der Waals surface area contributed by atoms with E-state index in [1.54, 1.807) is 0 Å². The van der Waals surface area contributed by atoms with Crippen molar-refractivity contribution >= 4 is 39.5 Å². The fourth-order valence-corrected chi connectivity index (χ4v) is 11.1. The Labute approximate surface area is 511 Å². The largest absolute Gasteiger partial charge is 0.472 e. The molecule has 17 nitrogen and oxygen atoms in total. The number of carbonyl (C=O) groups excluding carboxylic acids is 4. The maximum Gasteiger partial charge on any atom is 0.472 e. The SMILES string of the molecule is CCC(C)CCCCCCCCC(=O)OC[C@H](COP(=O)(O)OC[C@H](O)COP(=O)(O)OC[C@@H](COC(=O)CCCCCCCCCCCCCC(C)C)OC(=O)CCCCCCCCCC(C)C)OC(=O)CCCCCCCCC(C)CC. The summed E-state index contributed by atoms with van der Waals surface area (Å²) >= 11 is 0. The molecule has 0 aromatic rings. The molecule has 3 N–H and O–H groups in total. The predicted molar refractivity (Wildman–Crippen MR) is 335 cm³/mol. The summed E-state index contributed by atoms with van der Waals surface area (Å²) in [6.07, 6.45) is 35.0. The molecule has 0 saturated carbocycles. The third kappa shape index (κ3) is 56.6. The normalized spacial score (nSPS) is 15.1. The molecule has 84 heavy (non-hydrogen) atoms. The van der Waals surface area contributed by atoms with E-state index in [1.807, 2.05) is 0 Å². The zero-order chi connectivity index (χ0) is 62.5. The Balaban J connectivity index is 5.24. The van der Waals surface area contributed by atoms with Gasteiger partial charge in [0.2, 0.25) is 0 Å². The van der Waals surface area contributed by atoms with E-state index in [1.165, 1.54) is 109 Å². The molecule has 498 valence electrons. The number of phosphoric ester groups is 2. The van der Waals surface area contributed by atoms with Gasteiger partial charge in [0.05, 0.1) is 26.4 Å². The van der Waals surface area contributed by atoms with Crippen LogP contribution in [0.3, 0.4) is 0 Å². The zero-order valence-electron chi connectivity index (χ0n) is 54.5. The first kappa shape index (κ1) is 82.1. The number of hydrogen-bond acceptors (Lipinski definition) is 15. The molecule has 0 fully saturated rings. The first-order valence-corrected chi connectivity index (χ1v) is 36.8. The molecule has 19 heteroatoms. The molecule has 0 heterocycles. The minimum absolute atomic E-state index is 0.101. The molecule has 0 aliphatic carbocycles. The van der Waals surface area contributed by atoms with Crippen LogP contribution in [0.4, 0.5) is 0 Å². The van der Waals surface area contributed by atoms with E-state index < -0.39 is 97.5 Å². The highest BCUT2D eigenvalue weighted by molar-refractivity contribution is 7.47. The monoisotopic (exact) mass is 1240 g/mol. The van der Waals surface area contributed by atoms with E-state index >= 15 is 0 Å². The van der Waals surface area contributed by atoms with Crippen molar-refractivity contribution in [2.45, 2.75) is 331 Å². The van der Waals surface area contributed by atoms with Gasteiger partial charge in [0, 0.05) is 25.7 Å². The summed E-state index contributed by atoms with van der Waals surface area (Å²) < 4.78 is 68.0. The Morgan fingerprint density at radius 3 is 0.845 bits per heavy atom. The second kappa shape index (κ2) is 55.2. The van der Waals surface area contributed by atoms with Crippen molar-refractivity contribution in [1.29, 1.82) is 0 Å². The highest BCUT2D eigenvalue weighted by Crippen LogP contribution is 2.45. The standard InChI is InChI=1S/C65H126O17P2/c1-9-57(7)43-35-27-21-23-30-38-46-63(68)76-52-61(82-65(70)48-40-32-24-22-28-36-44-58(8)10-2)54-80-84(73,74)78-50-59(66)49-77-83(71,72)79-53-60(81-64(69)47-39-31-20-16-18-26-34-42-56(5)6)51-75-62(67)45-37-29-19-15-13-11-12-14-17-25-33-41-55(3)4/h55-61,66H,9-54H2,1-8H3,(H,71,72)(H,73,74)/t57?,58?,59-,60-,61-/m1/s1. The Morgan fingerprint density at radius 2 is 0.571 bits per heavy atom. The molecule has 0 bridgehead atoms. The first-order valence-electron chi connectivity index (χ1n) is 33.8. The van der Waals surface area contributed by atoms with Crippen LogP contribution in [0.1, 0.15) is 312 Å². The average molecular weight is 1240 g/mol. The van der Waals surface area contributed by atoms with Gasteiger partial charge in [-0.3, -0.25) is 37.3 Å². The van der Waals surface area contributed by atoms with Crippen LogP contribution in [-0.4, -0.2) is 96.7 Å². The zero-order valence-corrected chi connectivity index (χ0v) is 56.3. The van der Waals surface area contributed by atoms with Crippen molar-refractivity contribution in [2.24, 2.45) is 23.7 Å². The van der Waals surface area contributed by atoms with Crippen LogP contribution in [0.5, 0.6) is 0 Å². The smallest absolute Gasteiger partial charge is 0.462 e. The van der Waals surface area contributed by atoms with Crippen LogP contribution in [0.2, 0.25) is 0 Å². The molecule has 0 aliphatic heterocycles. The number of phosphoric acid groups is 2. The Bertz CT molecular complexity index is 1680. The van der Waals surface area contributed by atoms with Gasteiger partial charge in [0.25, 0.3) is 0 Å². The van der Waals surface area contributed by atoms with Gasteiger partial charge in [0.1, 0.15) is 19.3 Å². The van der Waals surface area contributed by atoms with Crippen LogP contribution in [0.15, 0.2) is 0 Å². The number of aliphatic hydroxyl groups is 1. The minimum Gasteiger partial charge on any atom is -0.462 e. The van der Waals surface area contributed by atoms with Crippen LogP contribution >= 0.6 is 15.6 Å². The van der Waals surface area contributed by atoms with E-state index in [0.717, 1.165) is 114 Å². The summed E-state index contributed by atoms with van der Waals surface area (Å²) in [6, 6.07) is 0. The second-order valence-corrected chi connectivity index (χ2v) is 27.8. The summed E-state index contributed by atoms with van der Waals surface area (Å²) in [4.78, 5) is 72.2. The third-order valence-corrected chi connectivity index (χ3v) is 17.4. The van der Waals surface area contributed by atoms with Crippen LogP contribution in [0.25, 0.3) is 0 Å². The Hall–Kier alpha value is -1.94. The lowest BCUT2D eigenvalue weighted by atomic mass is 10.00. The summed E-state index contributed by atoms with van der Waals surface area (Å²) in [5, 5.41) is 10.5. The topological polar surface area (TPSA) is 237 Å². The van der Waals surface area contributed by atoms with Gasteiger partial charge in [-0.05, 0) is 49.4 Å². The van der Waals surface area contributed by atoms with Crippen molar-refractivity contribution in [3.05, 3.63) is 0 Å². The molecule has 4 unspecified atom stereocenters. The number of esters is 4. The molecule has 0 rings (SSSR count). The van der Waals surface area contributed by atoms with Gasteiger partial charge < -0.3 is 33.8 Å². The number of ether oxygens (including phenoxy) is 4. The third-order valence-electron chi connectivity index (χ3n) is 15.5.